The van der Waals surface area contributed by atoms with Gasteiger partial charge in [-0.3, -0.25) is 0 Å². The fourth-order valence-corrected chi connectivity index (χ4v) is 2.50. The number of methoxy groups -OCH3 is 1. The number of aromatic nitrogens is 2. The predicted octanol–water partition coefficient (Wildman–Crippen LogP) is 1.66. The van der Waals surface area contributed by atoms with E-state index in [1.807, 2.05) is 0 Å². The minimum Gasteiger partial charge on any atom is -0.479 e. The van der Waals surface area contributed by atoms with Crippen molar-refractivity contribution in [2.24, 2.45) is 0 Å². The Bertz CT molecular complexity index is 508. The number of hydrogen-bond acceptors (Lipinski definition) is 5. The van der Waals surface area contributed by atoms with Gasteiger partial charge in [0.1, 0.15) is 0 Å². The second-order valence-electron chi connectivity index (χ2n) is 5.06. The molecule has 0 unspecified atom stereocenters. The summed E-state index contributed by atoms with van der Waals surface area (Å²) in [6.07, 6.45) is 4.44. The van der Waals surface area contributed by atoms with Crippen molar-refractivity contribution in [1.29, 1.82) is 0 Å². The van der Waals surface area contributed by atoms with Crippen LogP contribution in [0.15, 0.2) is 0 Å². The van der Waals surface area contributed by atoms with Gasteiger partial charge >= 0.3 is 5.97 Å². The first kappa shape index (κ1) is 12.2. The number of carbonyl (C=O) groups is 1. The molecule has 0 aromatic carbocycles. The quantitative estimate of drug-likeness (QED) is 0.890. The normalized spacial score (nSPS) is 18.7. The molecule has 3 rings (SSSR count). The largest absolute Gasteiger partial charge is 0.479 e. The summed E-state index contributed by atoms with van der Waals surface area (Å²) in [6.45, 7) is 1.92. The van der Waals surface area contributed by atoms with Crippen LogP contribution in [-0.2, 0) is 0 Å². The average molecular weight is 263 g/mol. The molecule has 1 aliphatic carbocycles. The maximum Gasteiger partial charge on any atom is 0.360 e. The van der Waals surface area contributed by atoms with Gasteiger partial charge in [-0.25, -0.2) is 9.78 Å². The molecule has 0 bridgehead atoms. The molecular formula is C13H17N3O3. The second kappa shape index (κ2) is 4.68. The number of hydrogen-bond donors (Lipinski definition) is 1. The number of ether oxygens (including phenoxy) is 1. The number of anilines is 1. The van der Waals surface area contributed by atoms with E-state index >= 15 is 0 Å². The molecular weight excluding hydrogens is 246 g/mol. The maximum absolute atomic E-state index is 11.2. The Labute approximate surface area is 111 Å². The van der Waals surface area contributed by atoms with E-state index in [1.54, 1.807) is 0 Å². The summed E-state index contributed by atoms with van der Waals surface area (Å²) < 4.78 is 5.08. The number of rotatable bonds is 4. The summed E-state index contributed by atoms with van der Waals surface area (Å²) in [5, 5.41) is 9.18. The third kappa shape index (κ3) is 2.22. The molecule has 2 fully saturated rings. The fourth-order valence-electron chi connectivity index (χ4n) is 2.50. The summed E-state index contributed by atoms with van der Waals surface area (Å²) in [7, 11) is 1.43. The molecule has 1 saturated carbocycles. The predicted molar refractivity (Wildman–Crippen MR) is 69.0 cm³/mol. The minimum absolute atomic E-state index is 0.0765. The van der Waals surface area contributed by atoms with E-state index < -0.39 is 5.97 Å². The summed E-state index contributed by atoms with van der Waals surface area (Å²) in [5.41, 5.74) is 0.757. The summed E-state index contributed by atoms with van der Waals surface area (Å²) in [4.78, 5) is 22.1. The summed E-state index contributed by atoms with van der Waals surface area (Å²) in [6, 6.07) is 0. The van der Waals surface area contributed by atoms with Crippen molar-refractivity contribution in [1.82, 2.24) is 9.97 Å². The molecule has 0 radical (unpaired) electrons. The van der Waals surface area contributed by atoms with Crippen molar-refractivity contribution >= 4 is 11.8 Å². The van der Waals surface area contributed by atoms with Gasteiger partial charge in [-0.1, -0.05) is 0 Å². The Morgan fingerprint density at radius 3 is 2.53 bits per heavy atom. The van der Waals surface area contributed by atoms with Crippen LogP contribution in [0.1, 0.15) is 47.8 Å². The second-order valence-corrected chi connectivity index (χ2v) is 5.06. The fraction of sp³-hybridized carbons (Fsp3) is 0.615. The molecule has 6 nitrogen and oxygen atoms in total. The molecule has 1 aromatic heterocycles. The van der Waals surface area contributed by atoms with Crippen molar-refractivity contribution in [2.75, 3.05) is 25.1 Å². The SMILES string of the molecule is COc1nc(N2CCCC2)c(C2CC2)nc1C(=O)O. The molecule has 2 heterocycles. The highest BCUT2D eigenvalue weighted by molar-refractivity contribution is 5.88. The van der Waals surface area contributed by atoms with Crippen LogP contribution in [0.25, 0.3) is 0 Å². The maximum atomic E-state index is 11.2. The van der Waals surface area contributed by atoms with Crippen LogP contribution in [-0.4, -0.2) is 41.2 Å². The van der Waals surface area contributed by atoms with E-state index in [1.165, 1.54) is 7.11 Å². The lowest BCUT2D eigenvalue weighted by Gasteiger charge is -2.20. The van der Waals surface area contributed by atoms with Gasteiger partial charge in [0.05, 0.1) is 12.8 Å². The van der Waals surface area contributed by atoms with E-state index in [9.17, 15) is 9.90 Å². The van der Waals surface area contributed by atoms with Gasteiger partial charge in [0.25, 0.3) is 0 Å². The minimum atomic E-state index is -1.08. The highest BCUT2D eigenvalue weighted by Gasteiger charge is 2.33. The van der Waals surface area contributed by atoms with E-state index in [-0.39, 0.29) is 11.6 Å². The molecule has 6 heteroatoms. The highest BCUT2D eigenvalue weighted by Crippen LogP contribution is 2.44. The molecule has 1 N–H and O–H groups in total. The molecule has 1 aromatic rings. The van der Waals surface area contributed by atoms with Gasteiger partial charge < -0.3 is 14.7 Å². The highest BCUT2D eigenvalue weighted by atomic mass is 16.5. The van der Waals surface area contributed by atoms with Crippen molar-refractivity contribution in [3.05, 3.63) is 11.4 Å². The van der Waals surface area contributed by atoms with Gasteiger partial charge in [-0.15, -0.1) is 0 Å². The van der Waals surface area contributed by atoms with E-state index in [0.717, 1.165) is 50.3 Å². The molecule has 102 valence electrons. The standard InChI is InChI=1S/C13H17N3O3/c1-19-12-10(13(17)18)14-9(8-4-5-8)11(15-12)16-6-2-3-7-16/h8H,2-7H2,1H3,(H,17,18). The molecule has 1 aliphatic heterocycles. The average Bonchev–Trinajstić information content (AvgIpc) is 3.11. The molecule has 2 aliphatic rings. The van der Waals surface area contributed by atoms with Gasteiger partial charge in [0.15, 0.2) is 5.82 Å². The molecule has 0 spiro atoms. The van der Waals surface area contributed by atoms with Crippen LogP contribution < -0.4 is 9.64 Å². The van der Waals surface area contributed by atoms with Crippen LogP contribution in [0.3, 0.4) is 0 Å². The van der Waals surface area contributed by atoms with Crippen molar-refractivity contribution in [2.45, 2.75) is 31.6 Å². The van der Waals surface area contributed by atoms with Crippen molar-refractivity contribution < 1.29 is 14.6 Å². The van der Waals surface area contributed by atoms with Crippen molar-refractivity contribution in [3.8, 4) is 5.88 Å². The van der Waals surface area contributed by atoms with Crippen molar-refractivity contribution in [3.63, 3.8) is 0 Å². The van der Waals surface area contributed by atoms with Crippen LogP contribution >= 0.6 is 0 Å². The number of carboxylic acids is 1. The zero-order chi connectivity index (χ0) is 13.4. The van der Waals surface area contributed by atoms with E-state index in [2.05, 4.69) is 14.9 Å². The lowest BCUT2D eigenvalue weighted by molar-refractivity contribution is 0.0685. The molecule has 19 heavy (non-hydrogen) atoms. The summed E-state index contributed by atoms with van der Waals surface area (Å²) >= 11 is 0. The van der Waals surface area contributed by atoms with Crippen LogP contribution in [0.2, 0.25) is 0 Å². The zero-order valence-electron chi connectivity index (χ0n) is 10.9. The monoisotopic (exact) mass is 263 g/mol. The summed E-state index contributed by atoms with van der Waals surface area (Å²) in [5.74, 6) is 0.215. The van der Waals surface area contributed by atoms with Crippen LogP contribution in [0.4, 0.5) is 5.82 Å². The third-order valence-corrected chi connectivity index (χ3v) is 3.64. The Kier molecular flexibility index (Phi) is 3.00. The third-order valence-electron chi connectivity index (χ3n) is 3.64. The molecule has 0 amide bonds. The van der Waals surface area contributed by atoms with Crippen LogP contribution in [0, 0.1) is 0 Å². The molecule has 0 atom stereocenters. The Morgan fingerprint density at radius 1 is 1.32 bits per heavy atom. The van der Waals surface area contributed by atoms with Crippen LogP contribution in [0.5, 0.6) is 5.88 Å². The topological polar surface area (TPSA) is 75.5 Å². The van der Waals surface area contributed by atoms with Gasteiger partial charge in [-0.05, 0) is 25.7 Å². The smallest absolute Gasteiger partial charge is 0.360 e. The first-order chi connectivity index (χ1) is 9.20. The first-order valence-electron chi connectivity index (χ1n) is 6.65. The lowest BCUT2D eigenvalue weighted by atomic mass is 10.2. The van der Waals surface area contributed by atoms with E-state index in [4.69, 9.17) is 4.74 Å². The number of nitrogens with zero attached hydrogens (tertiary/aromatic N) is 3. The van der Waals surface area contributed by atoms with Gasteiger partial charge in [0.2, 0.25) is 11.6 Å². The van der Waals surface area contributed by atoms with Gasteiger partial charge in [-0.2, -0.15) is 4.98 Å². The van der Waals surface area contributed by atoms with E-state index in [0.29, 0.717) is 5.92 Å². The molecule has 1 saturated heterocycles. The van der Waals surface area contributed by atoms with Gasteiger partial charge in [0, 0.05) is 19.0 Å². The Morgan fingerprint density at radius 2 is 2.00 bits per heavy atom. The first-order valence-corrected chi connectivity index (χ1v) is 6.65. The lowest BCUT2D eigenvalue weighted by Crippen LogP contribution is -2.23. The zero-order valence-corrected chi connectivity index (χ0v) is 10.9. The number of aromatic carboxylic acids is 1. The Hall–Kier alpha value is -1.85. The Balaban J connectivity index is 2.07. The number of carboxylic acid groups (broad SMARTS) is 1.